The smallest absolute Gasteiger partial charge is 0.247 e. The van der Waals surface area contributed by atoms with Gasteiger partial charge in [-0.15, -0.1) is 11.3 Å². The molecule has 1 unspecified atom stereocenters. The van der Waals surface area contributed by atoms with E-state index in [9.17, 15) is 13.5 Å². The highest BCUT2D eigenvalue weighted by Crippen LogP contribution is 2.43. The maximum Gasteiger partial charge on any atom is 0.247 e. The van der Waals surface area contributed by atoms with Crippen LogP contribution in [-0.4, -0.2) is 23.1 Å². The van der Waals surface area contributed by atoms with E-state index in [-0.39, 0.29) is 10.1 Å². The number of sulfonamides is 1. The van der Waals surface area contributed by atoms with Crippen molar-refractivity contribution >= 4 is 21.4 Å². The molecule has 2 aromatic heterocycles. The first-order valence-corrected chi connectivity index (χ1v) is 17.1. The minimum absolute atomic E-state index is 0.150. The van der Waals surface area contributed by atoms with Gasteiger partial charge in [0.05, 0.1) is 12.0 Å². The van der Waals surface area contributed by atoms with Crippen LogP contribution in [-0.2, 0) is 27.6 Å². The fraction of sp³-hybridized carbons (Fsp3) is 0.162. The summed E-state index contributed by atoms with van der Waals surface area (Å²) in [6.45, 7) is 3.98. The van der Waals surface area contributed by atoms with E-state index in [1.165, 1.54) is 17.4 Å². The number of primary sulfonamides is 1. The minimum atomic E-state index is -3.73. The van der Waals surface area contributed by atoms with Gasteiger partial charge in [-0.3, -0.25) is 0 Å². The summed E-state index contributed by atoms with van der Waals surface area (Å²) < 4.78 is 25.7. The molecule has 45 heavy (non-hydrogen) atoms. The molecule has 6 aromatic rings. The van der Waals surface area contributed by atoms with Gasteiger partial charge in [-0.1, -0.05) is 129 Å². The summed E-state index contributed by atoms with van der Waals surface area (Å²) in [4.78, 5) is 5.78. The Kier molecular flexibility index (Phi) is 8.33. The zero-order valence-electron chi connectivity index (χ0n) is 25.1. The molecule has 4 aromatic carbocycles. The molecule has 6 rings (SSSR count). The Morgan fingerprint density at radius 1 is 0.756 bits per heavy atom. The highest BCUT2D eigenvalue weighted by atomic mass is 32.2. The minimum Gasteiger partial charge on any atom is -0.378 e. The Labute approximate surface area is 268 Å². The van der Waals surface area contributed by atoms with Crippen LogP contribution in [0.2, 0.25) is 0 Å². The molecule has 2 heterocycles. The number of aliphatic hydroxyl groups is 1. The summed E-state index contributed by atoms with van der Waals surface area (Å²) in [6, 6.07) is 42.3. The zero-order chi connectivity index (χ0) is 31.7. The third-order valence-corrected chi connectivity index (χ3v) is 11.0. The van der Waals surface area contributed by atoms with E-state index >= 15 is 0 Å². The number of thiophene rings is 1. The van der Waals surface area contributed by atoms with E-state index in [1.807, 2.05) is 105 Å². The number of rotatable bonds is 10. The van der Waals surface area contributed by atoms with Gasteiger partial charge in [-0.25, -0.2) is 18.5 Å². The Balaban J connectivity index is 1.44. The van der Waals surface area contributed by atoms with Crippen LogP contribution in [0.1, 0.15) is 52.2 Å². The van der Waals surface area contributed by atoms with Crippen molar-refractivity contribution in [1.29, 1.82) is 0 Å². The molecule has 8 heteroatoms. The second kappa shape index (κ2) is 12.2. The summed E-state index contributed by atoms with van der Waals surface area (Å²) >= 11 is 1.17. The molecule has 0 fully saturated rings. The zero-order valence-corrected chi connectivity index (χ0v) is 26.7. The van der Waals surface area contributed by atoms with Gasteiger partial charge < -0.3 is 9.67 Å². The van der Waals surface area contributed by atoms with Gasteiger partial charge in [0.25, 0.3) is 0 Å². The predicted molar refractivity (Wildman–Crippen MR) is 180 cm³/mol. The van der Waals surface area contributed by atoms with Crippen LogP contribution in [0.5, 0.6) is 0 Å². The van der Waals surface area contributed by atoms with Gasteiger partial charge in [0, 0.05) is 17.5 Å². The van der Waals surface area contributed by atoms with E-state index < -0.39 is 21.2 Å². The Bertz CT molecular complexity index is 1890. The SMILES string of the molecule is CC(C)C(O)(c1ccc(Cc2ccc(S(N)(=O)=O)s2)cc1)c1cn(C(c2ccccc2)(c2ccccc2)c2ccccc2)cn1. The lowest BCUT2D eigenvalue weighted by molar-refractivity contribution is 0.0278. The normalized spacial score (nSPS) is 13.5. The first-order chi connectivity index (χ1) is 21.6. The Hall–Kier alpha value is -4.34. The molecule has 228 valence electrons. The predicted octanol–water partition coefficient (Wildman–Crippen LogP) is 6.91. The molecule has 0 spiro atoms. The molecule has 0 radical (unpaired) electrons. The number of imidazole rings is 1. The first-order valence-electron chi connectivity index (χ1n) is 14.8. The summed E-state index contributed by atoms with van der Waals surface area (Å²) in [5.41, 5.74) is 3.38. The third-order valence-electron chi connectivity index (χ3n) is 8.46. The monoisotopic (exact) mass is 633 g/mol. The second-order valence-electron chi connectivity index (χ2n) is 11.5. The number of aromatic nitrogens is 2. The molecule has 0 saturated carbocycles. The van der Waals surface area contributed by atoms with Gasteiger partial charge in [-0.05, 0) is 45.9 Å². The summed E-state index contributed by atoms with van der Waals surface area (Å²) in [5, 5.41) is 17.7. The number of nitrogens with two attached hydrogens (primary N) is 1. The standard InChI is InChI=1S/C37H35N3O3S2/c1-27(2)37(41,32-20-18-28(19-21-32)24-33-22-23-35(44-33)45(38,42)43)34-25-40(26-39-34)36(29-12-6-3-7-13-29,30-14-8-4-9-15-30)31-16-10-5-11-17-31/h3-23,25-27,41H,24H2,1-2H3,(H2,38,42,43). The molecule has 1 atom stereocenters. The molecule has 0 aliphatic rings. The fourth-order valence-corrected chi connectivity index (χ4v) is 7.96. The van der Waals surface area contributed by atoms with Gasteiger partial charge in [0.1, 0.15) is 15.3 Å². The molecule has 0 aliphatic carbocycles. The average molecular weight is 634 g/mol. The first kappa shape index (κ1) is 30.7. The van der Waals surface area contributed by atoms with E-state index in [4.69, 9.17) is 10.1 Å². The van der Waals surface area contributed by atoms with Crippen LogP contribution in [0.3, 0.4) is 0 Å². The van der Waals surface area contributed by atoms with E-state index in [0.29, 0.717) is 12.1 Å². The maximum absolute atomic E-state index is 12.4. The van der Waals surface area contributed by atoms with Crippen LogP contribution in [0.15, 0.2) is 144 Å². The topological polar surface area (TPSA) is 98.2 Å². The summed E-state index contributed by atoms with van der Waals surface area (Å²) in [6.07, 6.45) is 4.36. The number of benzene rings is 4. The van der Waals surface area contributed by atoms with Crippen molar-refractivity contribution in [2.75, 3.05) is 0 Å². The van der Waals surface area contributed by atoms with Crippen molar-refractivity contribution in [3.05, 3.63) is 178 Å². The number of hydrogen-bond donors (Lipinski definition) is 2. The Morgan fingerprint density at radius 2 is 1.27 bits per heavy atom. The summed E-state index contributed by atoms with van der Waals surface area (Å²) in [7, 11) is -3.73. The Morgan fingerprint density at radius 3 is 1.71 bits per heavy atom. The van der Waals surface area contributed by atoms with Crippen LogP contribution >= 0.6 is 11.3 Å². The third kappa shape index (κ3) is 5.66. The number of hydrogen-bond acceptors (Lipinski definition) is 5. The van der Waals surface area contributed by atoms with Gasteiger partial charge >= 0.3 is 0 Å². The number of nitrogens with zero attached hydrogens (tertiary/aromatic N) is 2. The molecule has 3 N–H and O–H groups in total. The lowest BCUT2D eigenvalue weighted by Gasteiger charge is -2.37. The van der Waals surface area contributed by atoms with Crippen molar-refractivity contribution in [1.82, 2.24) is 9.55 Å². The summed E-state index contributed by atoms with van der Waals surface area (Å²) in [5.74, 6) is -0.194. The molecule has 6 nitrogen and oxygen atoms in total. The van der Waals surface area contributed by atoms with Crippen LogP contribution < -0.4 is 5.14 Å². The molecular weight excluding hydrogens is 599 g/mol. The quantitative estimate of drug-likeness (QED) is 0.160. The largest absolute Gasteiger partial charge is 0.378 e. The molecule has 0 bridgehead atoms. The van der Waals surface area contributed by atoms with Gasteiger partial charge in [0.15, 0.2) is 0 Å². The van der Waals surface area contributed by atoms with E-state index in [0.717, 1.165) is 32.7 Å². The molecular formula is C37H35N3O3S2. The van der Waals surface area contributed by atoms with Crippen molar-refractivity contribution in [3.63, 3.8) is 0 Å². The van der Waals surface area contributed by atoms with Gasteiger partial charge in [-0.2, -0.15) is 0 Å². The van der Waals surface area contributed by atoms with Crippen molar-refractivity contribution in [2.45, 2.75) is 35.6 Å². The molecule has 0 aliphatic heterocycles. The van der Waals surface area contributed by atoms with Crippen molar-refractivity contribution in [3.8, 4) is 0 Å². The van der Waals surface area contributed by atoms with E-state index in [2.05, 4.69) is 41.0 Å². The lowest BCUT2D eigenvalue weighted by Crippen LogP contribution is -2.37. The second-order valence-corrected chi connectivity index (χ2v) is 14.5. The highest BCUT2D eigenvalue weighted by molar-refractivity contribution is 7.91. The van der Waals surface area contributed by atoms with E-state index in [1.54, 1.807) is 6.07 Å². The van der Waals surface area contributed by atoms with Crippen molar-refractivity contribution < 1.29 is 13.5 Å². The fourth-order valence-electron chi connectivity index (χ4n) is 6.15. The van der Waals surface area contributed by atoms with Crippen molar-refractivity contribution in [2.24, 2.45) is 11.1 Å². The highest BCUT2D eigenvalue weighted by Gasteiger charge is 2.42. The molecule has 0 amide bonds. The van der Waals surface area contributed by atoms with Crippen LogP contribution in [0.25, 0.3) is 0 Å². The lowest BCUT2D eigenvalue weighted by atomic mass is 9.76. The van der Waals surface area contributed by atoms with Crippen LogP contribution in [0.4, 0.5) is 0 Å². The molecule has 0 saturated heterocycles. The van der Waals surface area contributed by atoms with Gasteiger partial charge in [0.2, 0.25) is 10.0 Å². The van der Waals surface area contributed by atoms with Crippen LogP contribution in [0, 0.1) is 5.92 Å². The average Bonchev–Trinajstić information content (AvgIpc) is 3.74. The maximum atomic E-state index is 12.4.